The van der Waals surface area contributed by atoms with Gasteiger partial charge in [-0.05, 0) is 7.05 Å². The van der Waals surface area contributed by atoms with E-state index in [1.54, 1.807) is 0 Å². The molecular formula is C3H10N2O6. The van der Waals surface area contributed by atoms with Gasteiger partial charge in [0.15, 0.2) is 0 Å². The first-order valence-electron chi connectivity index (χ1n) is 2.43. The maximum atomic E-state index is 8.36. The lowest BCUT2D eigenvalue weighted by atomic mass is 10.5. The summed E-state index contributed by atoms with van der Waals surface area (Å²) in [5.74, 6) is -2.11. The molecule has 0 aromatic carbocycles. The number of likely N-dealkylation sites (N-methyl/N-ethyl adjacent to an activating group) is 1. The molecule has 0 aliphatic carbocycles. The predicted molar refractivity (Wildman–Crippen MR) is 32.1 cm³/mol. The van der Waals surface area contributed by atoms with Crippen LogP contribution >= 0.6 is 0 Å². The summed E-state index contributed by atoms with van der Waals surface area (Å²) in [5.41, 5.74) is 0. The second-order valence-corrected chi connectivity index (χ2v) is 1.46. The summed E-state index contributed by atoms with van der Waals surface area (Å²) in [4.78, 5) is 8.36. The van der Waals surface area contributed by atoms with Gasteiger partial charge in [-0.1, -0.05) is 0 Å². The van der Waals surface area contributed by atoms with Crippen molar-refractivity contribution in [3.8, 4) is 0 Å². The van der Waals surface area contributed by atoms with Crippen LogP contribution in [0, 0.1) is 10.1 Å². The molecule has 0 rings (SSSR count). The van der Waals surface area contributed by atoms with Gasteiger partial charge in [-0.2, -0.15) is 0 Å². The lowest BCUT2D eigenvalue weighted by Crippen LogP contribution is -2.45. The Kier molecular flexibility index (Phi) is 6.69. The van der Waals surface area contributed by atoms with Gasteiger partial charge in [-0.3, -0.25) is 5.32 Å². The van der Waals surface area contributed by atoms with E-state index in [4.69, 9.17) is 30.6 Å². The van der Waals surface area contributed by atoms with Crippen LogP contribution in [0.5, 0.6) is 0 Å². The van der Waals surface area contributed by atoms with E-state index in [2.05, 4.69) is 5.32 Å². The Morgan fingerprint density at radius 1 is 1.64 bits per heavy atom. The maximum Gasteiger partial charge on any atom is 0.291 e. The van der Waals surface area contributed by atoms with Gasteiger partial charge in [-0.25, -0.2) is 0 Å². The average Bonchev–Trinajstić information content (AvgIpc) is 1.87. The van der Waals surface area contributed by atoms with Crippen LogP contribution in [0.25, 0.3) is 0 Å². The molecule has 8 heteroatoms. The summed E-state index contributed by atoms with van der Waals surface area (Å²) in [5, 5.41) is 40.4. The summed E-state index contributed by atoms with van der Waals surface area (Å²) in [7, 11) is 1.33. The first kappa shape index (κ1) is 12.7. The van der Waals surface area contributed by atoms with E-state index in [1.165, 1.54) is 7.05 Å². The summed E-state index contributed by atoms with van der Waals surface area (Å²) in [6.45, 7) is -0.705. The van der Waals surface area contributed by atoms with Gasteiger partial charge in [-0.15, -0.1) is 10.1 Å². The molecule has 5 N–H and O–H groups in total. The van der Waals surface area contributed by atoms with E-state index in [1.807, 2.05) is 0 Å². The number of hydrogen-bond acceptors (Lipinski definition) is 6. The van der Waals surface area contributed by atoms with Crippen molar-refractivity contribution in [3.63, 3.8) is 0 Å². The smallest absolute Gasteiger partial charge is 0.291 e. The third kappa shape index (κ3) is 17.6. The van der Waals surface area contributed by atoms with Crippen molar-refractivity contribution in [2.24, 2.45) is 0 Å². The van der Waals surface area contributed by atoms with Crippen molar-refractivity contribution in [2.45, 2.75) is 5.91 Å². The van der Waals surface area contributed by atoms with Crippen LogP contribution in [0.2, 0.25) is 0 Å². The van der Waals surface area contributed by atoms with Crippen LogP contribution in [-0.4, -0.2) is 45.2 Å². The van der Waals surface area contributed by atoms with Crippen LogP contribution < -0.4 is 5.32 Å². The Bertz CT molecular complexity index is 104. The van der Waals surface area contributed by atoms with E-state index in [0.29, 0.717) is 0 Å². The quantitative estimate of drug-likeness (QED) is 0.175. The lowest BCUT2D eigenvalue weighted by molar-refractivity contribution is -0.742. The lowest BCUT2D eigenvalue weighted by Gasteiger charge is -2.15. The summed E-state index contributed by atoms with van der Waals surface area (Å²) in [6.07, 6.45) is 0. The van der Waals surface area contributed by atoms with E-state index in [0.717, 1.165) is 0 Å². The fourth-order valence-corrected chi connectivity index (χ4v) is 0.0791. The zero-order valence-electron chi connectivity index (χ0n) is 5.76. The monoisotopic (exact) mass is 170 g/mol. The van der Waals surface area contributed by atoms with E-state index in [-0.39, 0.29) is 0 Å². The fraction of sp³-hybridized carbons (Fsp3) is 1.00. The molecule has 0 radical (unpaired) electrons. The average molecular weight is 170 g/mol. The molecule has 0 saturated carbocycles. The molecule has 0 atom stereocenters. The van der Waals surface area contributed by atoms with Crippen molar-refractivity contribution >= 4 is 0 Å². The molecule has 0 aromatic heterocycles. The van der Waals surface area contributed by atoms with E-state index in [9.17, 15) is 0 Å². The molecule has 11 heavy (non-hydrogen) atoms. The third-order valence-electron chi connectivity index (χ3n) is 0.621. The Morgan fingerprint density at radius 3 is 1.91 bits per heavy atom. The van der Waals surface area contributed by atoms with Crippen LogP contribution in [0.3, 0.4) is 0 Å². The summed E-state index contributed by atoms with van der Waals surface area (Å²) in [6, 6.07) is 0. The Morgan fingerprint density at radius 2 is 1.91 bits per heavy atom. The number of nitrogens with zero attached hydrogens (tertiary/aromatic N) is 1. The zero-order chi connectivity index (χ0) is 9.49. The van der Waals surface area contributed by atoms with Crippen molar-refractivity contribution in [1.82, 2.24) is 5.32 Å². The van der Waals surface area contributed by atoms with Crippen molar-refractivity contribution < 1.29 is 25.6 Å². The van der Waals surface area contributed by atoms with Crippen LogP contribution in [0.4, 0.5) is 0 Å². The molecule has 0 heterocycles. The highest BCUT2D eigenvalue weighted by Crippen LogP contribution is 1.85. The Hall–Kier alpha value is -0.960. The van der Waals surface area contributed by atoms with Crippen molar-refractivity contribution in [3.05, 3.63) is 10.1 Å². The first-order chi connectivity index (χ1) is 4.85. The number of aliphatic hydroxyl groups excluding tert-OH is 1. The zero-order valence-corrected chi connectivity index (χ0v) is 5.76. The predicted octanol–water partition coefficient (Wildman–Crippen LogP) is -2.51. The first-order valence-corrected chi connectivity index (χ1v) is 2.43. The van der Waals surface area contributed by atoms with Gasteiger partial charge in [0, 0.05) is 0 Å². The highest BCUT2D eigenvalue weighted by Gasteiger charge is 2.16. The number of hydrogen-bond donors (Lipinski definition) is 5. The SMILES string of the molecule is CNC(O)(O)CO.O=[N+]([O-])O. The topological polar surface area (TPSA) is 136 Å². The number of rotatable bonds is 2. The van der Waals surface area contributed by atoms with Crippen molar-refractivity contribution in [1.29, 1.82) is 0 Å². The van der Waals surface area contributed by atoms with E-state index >= 15 is 0 Å². The molecule has 0 unspecified atom stereocenters. The standard InChI is InChI=1S/C3H9NO3.HNO3/c1-4-3(6,7)2-5;2-1(3)4/h4-7H,2H2,1H3;(H,2,3,4). The molecular weight excluding hydrogens is 160 g/mol. The van der Waals surface area contributed by atoms with Gasteiger partial charge in [0.05, 0.1) is 0 Å². The molecule has 0 aliphatic rings. The summed E-state index contributed by atoms with van der Waals surface area (Å²) < 4.78 is 0. The minimum Gasteiger partial charge on any atom is -0.389 e. The molecule has 0 aromatic rings. The maximum absolute atomic E-state index is 8.36. The number of aliphatic hydroxyl groups is 3. The van der Waals surface area contributed by atoms with Gasteiger partial charge in [0.1, 0.15) is 6.61 Å². The molecule has 68 valence electrons. The molecule has 0 amide bonds. The van der Waals surface area contributed by atoms with Gasteiger partial charge >= 0.3 is 0 Å². The minimum atomic E-state index is -2.11. The van der Waals surface area contributed by atoms with E-state index < -0.39 is 17.6 Å². The van der Waals surface area contributed by atoms with Crippen LogP contribution in [0.15, 0.2) is 0 Å². The van der Waals surface area contributed by atoms with Crippen LogP contribution in [-0.2, 0) is 0 Å². The molecule has 8 nitrogen and oxygen atoms in total. The van der Waals surface area contributed by atoms with Crippen LogP contribution in [0.1, 0.15) is 0 Å². The Labute approximate surface area is 61.8 Å². The normalized spacial score (nSPS) is 9.82. The molecule has 0 aliphatic heterocycles. The van der Waals surface area contributed by atoms with Crippen molar-refractivity contribution in [2.75, 3.05) is 13.7 Å². The van der Waals surface area contributed by atoms with Gasteiger partial charge in [0.2, 0.25) is 5.91 Å². The van der Waals surface area contributed by atoms with Gasteiger partial charge in [0.25, 0.3) is 5.09 Å². The second-order valence-electron chi connectivity index (χ2n) is 1.46. The molecule has 0 fully saturated rings. The third-order valence-corrected chi connectivity index (χ3v) is 0.621. The molecule has 0 spiro atoms. The Balaban J connectivity index is 0. The largest absolute Gasteiger partial charge is 0.389 e. The number of nitrogens with one attached hydrogen (secondary N) is 1. The fourth-order valence-electron chi connectivity index (χ4n) is 0.0791. The highest BCUT2D eigenvalue weighted by atomic mass is 16.9. The molecule has 0 saturated heterocycles. The van der Waals surface area contributed by atoms with Gasteiger partial charge < -0.3 is 20.5 Å². The second kappa shape index (κ2) is 5.80. The summed E-state index contributed by atoms with van der Waals surface area (Å²) >= 11 is 0. The highest BCUT2D eigenvalue weighted by molar-refractivity contribution is 4.51. The minimum absolute atomic E-state index is 0.705. The molecule has 0 bridgehead atoms.